The number of rotatable bonds is 2. The first-order valence-corrected chi connectivity index (χ1v) is 5.09. The van der Waals surface area contributed by atoms with Gasteiger partial charge in [0.05, 0.1) is 6.54 Å². The van der Waals surface area contributed by atoms with Gasteiger partial charge >= 0.3 is 0 Å². The second-order valence-electron chi connectivity index (χ2n) is 3.77. The number of ketones is 2. The third-order valence-corrected chi connectivity index (χ3v) is 2.89. The first-order valence-electron chi connectivity index (χ1n) is 5.09. The lowest BCUT2D eigenvalue weighted by atomic mass is 9.80. The van der Waals surface area contributed by atoms with E-state index in [1.165, 1.54) is 0 Å². The summed E-state index contributed by atoms with van der Waals surface area (Å²) >= 11 is 0. The molecule has 0 fully saturated rings. The fraction of sp³-hybridized carbons (Fsp3) is 0.333. The van der Waals surface area contributed by atoms with Crippen LogP contribution in [0.15, 0.2) is 24.3 Å². The number of nitrogens with two attached hydrogens (primary N) is 1. The number of hydrogen-bond donors (Lipinski definition) is 1. The highest BCUT2D eigenvalue weighted by atomic mass is 16.1. The first-order chi connectivity index (χ1) is 7.24. The standard InChI is InChI=1S/C12H13NO2/c13-7-12(15)10-5-6-11(14)9-4-2-1-3-8(9)10/h1-4,10H,5-7,13H2. The SMILES string of the molecule is NCC(=O)C1CCC(=O)c2ccccc21. The molecule has 78 valence electrons. The van der Waals surface area contributed by atoms with Crippen molar-refractivity contribution in [1.29, 1.82) is 0 Å². The van der Waals surface area contributed by atoms with Crippen molar-refractivity contribution in [1.82, 2.24) is 0 Å². The monoisotopic (exact) mass is 203 g/mol. The highest BCUT2D eigenvalue weighted by Gasteiger charge is 2.28. The number of carbonyl (C=O) groups excluding carboxylic acids is 2. The van der Waals surface area contributed by atoms with E-state index < -0.39 is 0 Å². The molecular weight excluding hydrogens is 190 g/mol. The molecule has 2 N–H and O–H groups in total. The molecule has 0 aliphatic heterocycles. The average molecular weight is 203 g/mol. The lowest BCUT2D eigenvalue weighted by Crippen LogP contribution is -2.26. The van der Waals surface area contributed by atoms with Crippen LogP contribution < -0.4 is 5.73 Å². The van der Waals surface area contributed by atoms with E-state index in [0.29, 0.717) is 18.4 Å². The summed E-state index contributed by atoms with van der Waals surface area (Å²) in [6.45, 7) is 0.0488. The minimum absolute atomic E-state index is 0.0231. The van der Waals surface area contributed by atoms with Crippen LogP contribution in [0.2, 0.25) is 0 Å². The van der Waals surface area contributed by atoms with Crippen LogP contribution in [0.4, 0.5) is 0 Å². The smallest absolute Gasteiger partial charge is 0.163 e. The Morgan fingerprint density at radius 2 is 2.13 bits per heavy atom. The topological polar surface area (TPSA) is 60.2 Å². The van der Waals surface area contributed by atoms with E-state index >= 15 is 0 Å². The van der Waals surface area contributed by atoms with Gasteiger partial charge in [0.1, 0.15) is 0 Å². The lowest BCUT2D eigenvalue weighted by Gasteiger charge is -2.22. The second-order valence-corrected chi connectivity index (χ2v) is 3.77. The van der Waals surface area contributed by atoms with Crippen LogP contribution in [-0.2, 0) is 4.79 Å². The summed E-state index contributed by atoms with van der Waals surface area (Å²) in [4.78, 5) is 23.2. The molecule has 1 aliphatic carbocycles. The normalized spacial score (nSPS) is 19.8. The Labute approximate surface area is 88.3 Å². The number of benzene rings is 1. The minimum Gasteiger partial charge on any atom is -0.324 e. The first kappa shape index (κ1) is 10.1. The number of hydrogen-bond acceptors (Lipinski definition) is 3. The zero-order valence-corrected chi connectivity index (χ0v) is 8.40. The van der Waals surface area contributed by atoms with Crippen LogP contribution in [0.1, 0.15) is 34.7 Å². The Balaban J connectivity index is 2.44. The summed E-state index contributed by atoms with van der Waals surface area (Å²) in [5.74, 6) is -0.0227. The van der Waals surface area contributed by atoms with Crippen LogP contribution in [0.25, 0.3) is 0 Å². The summed E-state index contributed by atoms with van der Waals surface area (Å²) < 4.78 is 0. The number of Topliss-reactive ketones (excluding diaryl/α,β-unsaturated/α-hetero) is 2. The molecule has 1 unspecified atom stereocenters. The van der Waals surface area contributed by atoms with Gasteiger partial charge in [-0.15, -0.1) is 0 Å². The van der Waals surface area contributed by atoms with Crippen molar-refractivity contribution >= 4 is 11.6 Å². The molecule has 0 amide bonds. The molecular formula is C12H13NO2. The van der Waals surface area contributed by atoms with Crippen molar-refractivity contribution in [2.45, 2.75) is 18.8 Å². The molecule has 1 aliphatic rings. The van der Waals surface area contributed by atoms with E-state index in [2.05, 4.69) is 0 Å². The molecule has 0 radical (unpaired) electrons. The van der Waals surface area contributed by atoms with Crippen LogP contribution >= 0.6 is 0 Å². The van der Waals surface area contributed by atoms with Gasteiger partial charge in [-0.2, -0.15) is 0 Å². The van der Waals surface area contributed by atoms with Gasteiger partial charge in [0.25, 0.3) is 0 Å². The summed E-state index contributed by atoms with van der Waals surface area (Å²) in [5, 5.41) is 0. The molecule has 0 heterocycles. The number of carbonyl (C=O) groups is 2. The van der Waals surface area contributed by atoms with Gasteiger partial charge < -0.3 is 5.73 Å². The summed E-state index contributed by atoms with van der Waals surface area (Å²) in [7, 11) is 0. The Kier molecular flexibility index (Phi) is 2.64. The maximum absolute atomic E-state index is 11.6. The van der Waals surface area contributed by atoms with Crippen molar-refractivity contribution in [2.24, 2.45) is 5.73 Å². The molecule has 15 heavy (non-hydrogen) atoms. The second kappa shape index (κ2) is 3.95. The average Bonchev–Trinajstić information content (AvgIpc) is 2.29. The van der Waals surface area contributed by atoms with E-state index in [1.54, 1.807) is 6.07 Å². The van der Waals surface area contributed by atoms with Crippen LogP contribution in [-0.4, -0.2) is 18.1 Å². The summed E-state index contributed by atoms with van der Waals surface area (Å²) in [6.07, 6.45) is 1.05. The fourth-order valence-electron chi connectivity index (χ4n) is 2.10. The fourth-order valence-corrected chi connectivity index (χ4v) is 2.10. The molecule has 1 atom stereocenters. The van der Waals surface area contributed by atoms with Gasteiger partial charge in [0.2, 0.25) is 0 Å². The van der Waals surface area contributed by atoms with Crippen molar-refractivity contribution in [3.8, 4) is 0 Å². The molecule has 3 heteroatoms. The molecule has 0 bridgehead atoms. The third-order valence-electron chi connectivity index (χ3n) is 2.89. The van der Waals surface area contributed by atoms with Gasteiger partial charge in [0, 0.05) is 17.9 Å². The highest BCUT2D eigenvalue weighted by molar-refractivity contribution is 6.02. The Morgan fingerprint density at radius 1 is 1.40 bits per heavy atom. The van der Waals surface area contributed by atoms with E-state index in [4.69, 9.17) is 5.73 Å². The highest BCUT2D eigenvalue weighted by Crippen LogP contribution is 2.31. The zero-order chi connectivity index (χ0) is 10.8. The van der Waals surface area contributed by atoms with Crippen molar-refractivity contribution in [3.63, 3.8) is 0 Å². The molecule has 0 spiro atoms. The predicted molar refractivity (Wildman–Crippen MR) is 56.8 cm³/mol. The Morgan fingerprint density at radius 3 is 2.87 bits per heavy atom. The summed E-state index contributed by atoms with van der Waals surface area (Å²) in [5.41, 5.74) is 6.90. The Hall–Kier alpha value is -1.48. The predicted octanol–water partition coefficient (Wildman–Crippen LogP) is 1.27. The molecule has 1 aromatic carbocycles. The Bertz CT molecular complexity index is 412. The molecule has 0 saturated heterocycles. The van der Waals surface area contributed by atoms with Crippen LogP contribution in [0, 0.1) is 0 Å². The molecule has 3 nitrogen and oxygen atoms in total. The van der Waals surface area contributed by atoms with E-state index in [1.807, 2.05) is 18.2 Å². The largest absolute Gasteiger partial charge is 0.324 e. The molecule has 0 aromatic heterocycles. The van der Waals surface area contributed by atoms with Gasteiger partial charge in [-0.05, 0) is 12.0 Å². The third kappa shape index (κ3) is 1.70. The minimum atomic E-state index is -0.177. The zero-order valence-electron chi connectivity index (χ0n) is 8.40. The molecule has 0 saturated carbocycles. The number of fused-ring (bicyclic) bond motifs is 1. The van der Waals surface area contributed by atoms with Crippen LogP contribution in [0.5, 0.6) is 0 Å². The van der Waals surface area contributed by atoms with E-state index in [0.717, 1.165) is 5.56 Å². The van der Waals surface area contributed by atoms with Gasteiger partial charge in [-0.3, -0.25) is 9.59 Å². The quantitative estimate of drug-likeness (QED) is 0.787. The maximum atomic E-state index is 11.6. The van der Waals surface area contributed by atoms with Gasteiger partial charge in [0.15, 0.2) is 11.6 Å². The maximum Gasteiger partial charge on any atom is 0.163 e. The van der Waals surface area contributed by atoms with Gasteiger partial charge in [-0.1, -0.05) is 24.3 Å². The van der Waals surface area contributed by atoms with Crippen molar-refractivity contribution in [2.75, 3.05) is 6.54 Å². The molecule has 1 aromatic rings. The van der Waals surface area contributed by atoms with Crippen molar-refractivity contribution < 1.29 is 9.59 Å². The lowest BCUT2D eigenvalue weighted by molar-refractivity contribution is -0.119. The van der Waals surface area contributed by atoms with E-state index in [-0.39, 0.29) is 24.0 Å². The van der Waals surface area contributed by atoms with E-state index in [9.17, 15) is 9.59 Å². The van der Waals surface area contributed by atoms with Crippen LogP contribution in [0.3, 0.4) is 0 Å². The summed E-state index contributed by atoms with van der Waals surface area (Å²) in [6, 6.07) is 7.32. The molecule has 2 rings (SSSR count). The van der Waals surface area contributed by atoms with Crippen molar-refractivity contribution in [3.05, 3.63) is 35.4 Å². The van der Waals surface area contributed by atoms with Gasteiger partial charge in [-0.25, -0.2) is 0 Å².